The maximum atomic E-state index is 12.1. The van der Waals surface area contributed by atoms with E-state index in [-0.39, 0.29) is 15.4 Å². The first-order chi connectivity index (χ1) is 9.90. The first kappa shape index (κ1) is 15.7. The van der Waals surface area contributed by atoms with Crippen LogP contribution in [0, 0.1) is 0 Å². The monoisotopic (exact) mass is 346 g/mol. The second-order valence-electron chi connectivity index (χ2n) is 3.99. The lowest BCUT2D eigenvalue weighted by Gasteiger charge is -2.05. The lowest BCUT2D eigenvalue weighted by molar-refractivity contribution is -0.114. The fourth-order valence-corrected chi connectivity index (χ4v) is 3.56. The van der Waals surface area contributed by atoms with Crippen LogP contribution in [0.3, 0.4) is 0 Å². The predicted molar refractivity (Wildman–Crippen MR) is 81.0 cm³/mol. The number of benzene rings is 1. The van der Waals surface area contributed by atoms with Crippen LogP contribution >= 0.6 is 22.9 Å². The molecule has 7 nitrogen and oxygen atoms in total. The maximum absolute atomic E-state index is 12.1. The van der Waals surface area contributed by atoms with Gasteiger partial charge in [0.15, 0.2) is 0 Å². The normalized spacial score (nSPS) is 11.1. The van der Waals surface area contributed by atoms with Crippen molar-refractivity contribution in [3.05, 3.63) is 29.8 Å². The maximum Gasteiger partial charge on any atom is 0.291 e. The van der Waals surface area contributed by atoms with Gasteiger partial charge in [-0.05, 0) is 17.7 Å². The fraction of sp³-hybridized carbons (Fsp3) is 0.182. The number of halogens is 1. The van der Waals surface area contributed by atoms with E-state index in [1.54, 1.807) is 24.3 Å². The van der Waals surface area contributed by atoms with E-state index in [1.807, 2.05) is 0 Å². The quantitative estimate of drug-likeness (QED) is 0.637. The molecule has 0 unspecified atom stereocenters. The number of alkyl halides is 1. The molecule has 0 atom stereocenters. The highest BCUT2D eigenvalue weighted by Gasteiger charge is 2.20. The lowest BCUT2D eigenvalue weighted by atomic mass is 10.2. The van der Waals surface area contributed by atoms with Gasteiger partial charge in [-0.25, -0.2) is 0 Å². The summed E-state index contributed by atoms with van der Waals surface area (Å²) in [4.78, 5) is 10.9. The van der Waals surface area contributed by atoms with Crippen LogP contribution in [0.1, 0.15) is 12.5 Å². The molecule has 2 aromatic rings. The van der Waals surface area contributed by atoms with Gasteiger partial charge in [0.05, 0.1) is 0 Å². The summed E-state index contributed by atoms with van der Waals surface area (Å²) >= 11 is 6.43. The zero-order chi connectivity index (χ0) is 15.5. The standard InChI is InChI=1S/C11H11ClN4O3S2/c1-7(17)13-10-14-15-11(20-10)21(18,19)16-9-4-2-8(6-12)3-5-9/h2-5,16H,6H2,1H3,(H,13,14,17). The molecular weight excluding hydrogens is 336 g/mol. The number of nitrogens with zero attached hydrogens (tertiary/aromatic N) is 2. The van der Waals surface area contributed by atoms with Crippen molar-refractivity contribution < 1.29 is 13.2 Å². The Morgan fingerprint density at radius 2 is 1.95 bits per heavy atom. The SMILES string of the molecule is CC(=O)Nc1nnc(S(=O)(=O)Nc2ccc(CCl)cc2)s1. The summed E-state index contributed by atoms with van der Waals surface area (Å²) in [5.74, 6) is 0.00322. The topological polar surface area (TPSA) is 101 Å². The van der Waals surface area contributed by atoms with Crippen molar-refractivity contribution in [3.63, 3.8) is 0 Å². The molecular formula is C11H11ClN4O3S2. The molecule has 0 saturated carbocycles. The van der Waals surface area contributed by atoms with Gasteiger partial charge in [0.1, 0.15) is 0 Å². The van der Waals surface area contributed by atoms with E-state index < -0.39 is 10.0 Å². The summed E-state index contributed by atoms with van der Waals surface area (Å²) in [7, 11) is -3.84. The number of nitrogens with one attached hydrogen (secondary N) is 2. The van der Waals surface area contributed by atoms with Crippen molar-refractivity contribution in [1.29, 1.82) is 0 Å². The zero-order valence-corrected chi connectivity index (χ0v) is 13.2. The minimum atomic E-state index is -3.84. The van der Waals surface area contributed by atoms with E-state index in [0.29, 0.717) is 11.6 Å². The first-order valence-corrected chi connectivity index (χ1v) is 8.53. The Labute approximate surface area is 130 Å². The number of hydrogen-bond acceptors (Lipinski definition) is 6. The summed E-state index contributed by atoms with van der Waals surface area (Å²) in [5.41, 5.74) is 1.27. The fourth-order valence-electron chi connectivity index (χ4n) is 1.38. The van der Waals surface area contributed by atoms with Gasteiger partial charge in [0, 0.05) is 18.5 Å². The van der Waals surface area contributed by atoms with E-state index in [9.17, 15) is 13.2 Å². The molecule has 112 valence electrons. The molecule has 2 N–H and O–H groups in total. The number of carbonyl (C=O) groups excluding carboxylic acids is 1. The van der Waals surface area contributed by atoms with E-state index in [2.05, 4.69) is 20.2 Å². The lowest BCUT2D eigenvalue weighted by Crippen LogP contribution is -2.12. The zero-order valence-electron chi connectivity index (χ0n) is 10.8. The Hall–Kier alpha value is -1.71. The van der Waals surface area contributed by atoms with Crippen molar-refractivity contribution >= 4 is 49.7 Å². The average Bonchev–Trinajstić information content (AvgIpc) is 2.88. The number of amides is 1. The van der Waals surface area contributed by atoms with E-state index in [0.717, 1.165) is 16.9 Å². The van der Waals surface area contributed by atoms with Crippen molar-refractivity contribution in [2.45, 2.75) is 17.1 Å². The van der Waals surface area contributed by atoms with Gasteiger partial charge in [-0.2, -0.15) is 8.42 Å². The van der Waals surface area contributed by atoms with Crippen molar-refractivity contribution in [2.24, 2.45) is 0 Å². The van der Waals surface area contributed by atoms with Gasteiger partial charge >= 0.3 is 0 Å². The first-order valence-electron chi connectivity index (χ1n) is 5.69. The summed E-state index contributed by atoms with van der Waals surface area (Å²) in [6, 6.07) is 6.64. The van der Waals surface area contributed by atoms with Gasteiger partial charge in [-0.1, -0.05) is 23.5 Å². The van der Waals surface area contributed by atoms with Crippen LogP contribution in [0.2, 0.25) is 0 Å². The molecule has 1 aromatic heterocycles. The Bertz CT molecular complexity index is 743. The summed E-state index contributed by atoms with van der Waals surface area (Å²) in [6.07, 6.45) is 0. The largest absolute Gasteiger partial charge is 0.301 e. The van der Waals surface area contributed by atoms with Gasteiger partial charge < -0.3 is 5.32 Å². The third kappa shape index (κ3) is 4.13. The van der Waals surface area contributed by atoms with Crippen LogP contribution in [-0.4, -0.2) is 24.5 Å². The summed E-state index contributed by atoms with van der Waals surface area (Å²) in [5, 5.41) is 9.65. The molecule has 1 heterocycles. The number of aromatic nitrogens is 2. The average molecular weight is 347 g/mol. The van der Waals surface area contributed by atoms with Crippen molar-refractivity contribution in [1.82, 2.24) is 10.2 Å². The van der Waals surface area contributed by atoms with Crippen LogP contribution in [0.25, 0.3) is 0 Å². The molecule has 0 aliphatic carbocycles. The van der Waals surface area contributed by atoms with Gasteiger partial charge in [0.25, 0.3) is 14.4 Å². The number of carbonyl (C=O) groups is 1. The number of anilines is 2. The Balaban J connectivity index is 2.17. The molecule has 0 bridgehead atoms. The van der Waals surface area contributed by atoms with Gasteiger partial charge in [0.2, 0.25) is 11.0 Å². The minimum absolute atomic E-state index is 0.125. The second-order valence-corrected chi connectivity index (χ2v) is 7.09. The number of hydrogen-bond donors (Lipinski definition) is 2. The van der Waals surface area contributed by atoms with E-state index in [4.69, 9.17) is 11.6 Å². The molecule has 0 fully saturated rings. The Morgan fingerprint density at radius 1 is 1.29 bits per heavy atom. The molecule has 1 amide bonds. The number of sulfonamides is 1. The van der Waals surface area contributed by atoms with Crippen LogP contribution in [-0.2, 0) is 20.7 Å². The number of rotatable bonds is 5. The molecule has 10 heteroatoms. The summed E-state index contributed by atoms with van der Waals surface area (Å²) in [6.45, 7) is 1.30. The van der Waals surface area contributed by atoms with Crippen LogP contribution in [0.5, 0.6) is 0 Å². The molecule has 0 radical (unpaired) electrons. The second kappa shape index (κ2) is 6.37. The molecule has 0 spiro atoms. The van der Waals surface area contributed by atoms with E-state index >= 15 is 0 Å². The van der Waals surface area contributed by atoms with Gasteiger partial charge in [-0.3, -0.25) is 9.52 Å². The summed E-state index contributed by atoms with van der Waals surface area (Å²) < 4.78 is 26.4. The molecule has 21 heavy (non-hydrogen) atoms. The van der Waals surface area contributed by atoms with Crippen LogP contribution in [0.15, 0.2) is 28.6 Å². The Morgan fingerprint density at radius 3 is 2.52 bits per heavy atom. The van der Waals surface area contributed by atoms with Crippen molar-refractivity contribution in [2.75, 3.05) is 10.0 Å². The highest BCUT2D eigenvalue weighted by atomic mass is 35.5. The third-order valence-corrected chi connectivity index (χ3v) is 5.18. The third-order valence-electron chi connectivity index (χ3n) is 2.28. The van der Waals surface area contributed by atoms with Crippen LogP contribution < -0.4 is 10.0 Å². The Kier molecular flexibility index (Phi) is 4.76. The highest BCUT2D eigenvalue weighted by molar-refractivity contribution is 7.94. The highest BCUT2D eigenvalue weighted by Crippen LogP contribution is 2.22. The molecule has 0 saturated heterocycles. The molecule has 0 aliphatic rings. The van der Waals surface area contributed by atoms with Crippen molar-refractivity contribution in [3.8, 4) is 0 Å². The molecule has 0 aliphatic heterocycles. The van der Waals surface area contributed by atoms with Crippen LogP contribution in [0.4, 0.5) is 10.8 Å². The van der Waals surface area contributed by atoms with Gasteiger partial charge in [-0.15, -0.1) is 21.8 Å². The smallest absolute Gasteiger partial charge is 0.291 e. The van der Waals surface area contributed by atoms with E-state index in [1.165, 1.54) is 6.92 Å². The predicted octanol–water partition coefficient (Wildman–Crippen LogP) is 2.04. The molecule has 2 rings (SSSR count). The molecule has 1 aromatic carbocycles. The minimum Gasteiger partial charge on any atom is -0.301 e.